The molecule has 0 bridgehead atoms. The van der Waals surface area contributed by atoms with Gasteiger partial charge in [-0.2, -0.15) is 5.26 Å². The van der Waals surface area contributed by atoms with Gasteiger partial charge < -0.3 is 0 Å². The van der Waals surface area contributed by atoms with Gasteiger partial charge in [-0.15, -0.1) is 0 Å². The Kier molecular flexibility index (Phi) is 3.45. The van der Waals surface area contributed by atoms with Crippen LogP contribution in [0.25, 0.3) is 0 Å². The summed E-state index contributed by atoms with van der Waals surface area (Å²) in [5.41, 5.74) is 0. The Morgan fingerprint density at radius 2 is 2.33 bits per heavy atom. The minimum atomic E-state index is -0.181. The molecule has 3 nitrogen and oxygen atoms in total. The van der Waals surface area contributed by atoms with Gasteiger partial charge in [0.05, 0.1) is 0 Å². The first-order valence-corrected chi connectivity index (χ1v) is 2.90. The fourth-order valence-corrected chi connectivity index (χ4v) is 0.501. The summed E-state index contributed by atoms with van der Waals surface area (Å²) < 4.78 is 0. The Labute approximate surface area is 54.9 Å². The van der Waals surface area contributed by atoms with Gasteiger partial charge in [0.1, 0.15) is 0 Å². The number of nitriles is 1. The molecule has 0 fully saturated rings. The maximum Gasteiger partial charge on any atom is 0.232 e. The van der Waals surface area contributed by atoms with E-state index in [0.717, 1.165) is 11.3 Å². The van der Waals surface area contributed by atoms with Gasteiger partial charge in [0.25, 0.3) is 0 Å². The van der Waals surface area contributed by atoms with Gasteiger partial charge in [0.2, 0.25) is 5.91 Å². The van der Waals surface area contributed by atoms with E-state index in [-0.39, 0.29) is 5.91 Å². The molecule has 0 aliphatic heterocycles. The van der Waals surface area contributed by atoms with Gasteiger partial charge in [0, 0.05) is 13.5 Å². The molecule has 0 aliphatic carbocycles. The van der Waals surface area contributed by atoms with E-state index in [2.05, 4.69) is 0 Å². The van der Waals surface area contributed by atoms with Crippen LogP contribution in [0.4, 0.5) is 0 Å². The van der Waals surface area contributed by atoms with Crippen molar-refractivity contribution in [2.24, 2.45) is 0 Å². The fourth-order valence-electron chi connectivity index (χ4n) is 0.501. The number of amides is 1. The van der Waals surface area contributed by atoms with Crippen LogP contribution in [0.1, 0.15) is 20.3 Å². The maximum absolute atomic E-state index is 10.5. The second kappa shape index (κ2) is 3.90. The van der Waals surface area contributed by atoms with Crippen LogP contribution in [0, 0.1) is 11.5 Å². The van der Waals surface area contributed by atoms with Crippen molar-refractivity contribution in [1.29, 1.82) is 5.26 Å². The summed E-state index contributed by atoms with van der Waals surface area (Å²) in [5, 5.41) is 8.28. The molecule has 0 aromatic rings. The number of hydrogen-bond acceptors (Lipinski definition) is 2. The minimum Gasteiger partial charge on any atom is -0.274 e. The molecular formula is C6H10N2O. The van der Waals surface area contributed by atoms with Gasteiger partial charge >= 0.3 is 0 Å². The van der Waals surface area contributed by atoms with E-state index < -0.39 is 0 Å². The fraction of sp³-hybridized carbons (Fsp3) is 0.667. The van der Waals surface area contributed by atoms with Crippen LogP contribution in [-0.2, 0) is 4.79 Å². The zero-order chi connectivity index (χ0) is 7.28. The van der Waals surface area contributed by atoms with Gasteiger partial charge in [-0.3, -0.25) is 4.79 Å². The van der Waals surface area contributed by atoms with E-state index in [9.17, 15) is 4.79 Å². The predicted octanol–water partition coefficient (Wildman–Crippen LogP) is 0.726. The quantitative estimate of drug-likeness (QED) is 0.404. The first-order valence-electron chi connectivity index (χ1n) is 2.90. The highest BCUT2D eigenvalue weighted by atomic mass is 16.2. The Morgan fingerprint density at radius 1 is 1.78 bits per heavy atom. The van der Waals surface area contributed by atoms with E-state index >= 15 is 0 Å². The zero-order valence-corrected chi connectivity index (χ0v) is 5.72. The molecule has 1 amide bonds. The lowest BCUT2D eigenvalue weighted by Crippen LogP contribution is -2.23. The molecule has 0 radical (unpaired) electrons. The second-order valence-electron chi connectivity index (χ2n) is 1.77. The summed E-state index contributed by atoms with van der Waals surface area (Å²) >= 11 is 0. The summed E-state index contributed by atoms with van der Waals surface area (Å²) in [6.45, 7) is 3.85. The van der Waals surface area contributed by atoms with Crippen LogP contribution >= 0.6 is 0 Å². The average molecular weight is 126 g/mol. The normalized spacial score (nSPS) is 8.11. The molecule has 0 spiro atoms. The summed E-state index contributed by atoms with van der Waals surface area (Å²) in [7, 11) is 0. The molecule has 0 aromatic carbocycles. The Hall–Kier alpha value is -1.04. The van der Waals surface area contributed by atoms with Crippen molar-refractivity contribution in [2.45, 2.75) is 20.3 Å². The monoisotopic (exact) mass is 126 g/mol. The highest BCUT2D eigenvalue weighted by Gasteiger charge is 2.02. The summed E-state index contributed by atoms with van der Waals surface area (Å²) in [6, 6.07) is 0. The van der Waals surface area contributed by atoms with Gasteiger partial charge in [0.15, 0.2) is 6.19 Å². The average Bonchev–Trinajstić information content (AvgIpc) is 1.82. The minimum absolute atomic E-state index is 0.181. The number of hydrogen-bond donors (Lipinski definition) is 0. The van der Waals surface area contributed by atoms with Crippen molar-refractivity contribution >= 4 is 5.91 Å². The van der Waals surface area contributed by atoms with E-state index in [0.29, 0.717) is 6.54 Å². The van der Waals surface area contributed by atoms with Gasteiger partial charge in [-0.1, -0.05) is 6.92 Å². The van der Waals surface area contributed by atoms with Crippen LogP contribution in [0.3, 0.4) is 0 Å². The van der Waals surface area contributed by atoms with E-state index in [1.807, 2.05) is 6.92 Å². The number of carbonyl (C=O) groups excluding carboxylic acids is 1. The van der Waals surface area contributed by atoms with E-state index in [1.165, 1.54) is 6.92 Å². The number of nitrogens with zero attached hydrogens (tertiary/aromatic N) is 2. The van der Waals surface area contributed by atoms with Crippen LogP contribution in [-0.4, -0.2) is 17.4 Å². The maximum atomic E-state index is 10.5. The van der Waals surface area contributed by atoms with Crippen molar-refractivity contribution in [3.05, 3.63) is 0 Å². The third kappa shape index (κ3) is 2.70. The van der Waals surface area contributed by atoms with Crippen molar-refractivity contribution in [3.8, 4) is 6.19 Å². The third-order valence-corrected chi connectivity index (χ3v) is 0.948. The number of rotatable bonds is 2. The van der Waals surface area contributed by atoms with Crippen molar-refractivity contribution in [1.82, 2.24) is 4.90 Å². The first kappa shape index (κ1) is 7.96. The molecule has 0 atom stereocenters. The highest BCUT2D eigenvalue weighted by Crippen LogP contribution is 1.87. The van der Waals surface area contributed by atoms with Crippen LogP contribution < -0.4 is 0 Å². The second-order valence-corrected chi connectivity index (χ2v) is 1.77. The largest absolute Gasteiger partial charge is 0.274 e. The highest BCUT2D eigenvalue weighted by molar-refractivity contribution is 5.74. The van der Waals surface area contributed by atoms with Crippen LogP contribution in [0.15, 0.2) is 0 Å². The SMILES string of the molecule is CCCN(C#N)C(C)=O. The lowest BCUT2D eigenvalue weighted by atomic mass is 10.4. The van der Waals surface area contributed by atoms with Crippen LogP contribution in [0.5, 0.6) is 0 Å². The topological polar surface area (TPSA) is 44.1 Å². The smallest absolute Gasteiger partial charge is 0.232 e. The summed E-state index contributed by atoms with van der Waals surface area (Å²) in [4.78, 5) is 11.6. The zero-order valence-electron chi connectivity index (χ0n) is 5.72. The van der Waals surface area contributed by atoms with Crippen molar-refractivity contribution in [3.63, 3.8) is 0 Å². The lowest BCUT2D eigenvalue weighted by molar-refractivity contribution is -0.125. The third-order valence-electron chi connectivity index (χ3n) is 0.948. The Balaban J connectivity index is 3.72. The molecule has 9 heavy (non-hydrogen) atoms. The molecule has 50 valence electrons. The van der Waals surface area contributed by atoms with E-state index in [1.54, 1.807) is 6.19 Å². The summed E-state index contributed by atoms with van der Waals surface area (Å²) in [5.74, 6) is -0.181. The lowest BCUT2D eigenvalue weighted by Gasteiger charge is -2.07. The first-order chi connectivity index (χ1) is 4.22. The molecular weight excluding hydrogens is 116 g/mol. The molecule has 0 saturated heterocycles. The molecule has 0 N–H and O–H groups in total. The number of carbonyl (C=O) groups is 1. The van der Waals surface area contributed by atoms with Crippen molar-refractivity contribution in [2.75, 3.05) is 6.54 Å². The summed E-state index contributed by atoms with van der Waals surface area (Å²) in [6.07, 6.45) is 2.61. The molecule has 0 aromatic heterocycles. The molecule has 3 heteroatoms. The van der Waals surface area contributed by atoms with E-state index in [4.69, 9.17) is 5.26 Å². The Morgan fingerprint density at radius 3 is 2.44 bits per heavy atom. The molecule has 0 heterocycles. The van der Waals surface area contributed by atoms with Crippen LogP contribution in [0.2, 0.25) is 0 Å². The molecule has 0 rings (SSSR count). The van der Waals surface area contributed by atoms with Gasteiger partial charge in [-0.05, 0) is 6.42 Å². The molecule has 0 unspecified atom stereocenters. The molecule has 0 saturated carbocycles. The van der Waals surface area contributed by atoms with Crippen molar-refractivity contribution < 1.29 is 4.79 Å². The standard InChI is InChI=1S/C6H10N2O/c1-3-4-8(5-7)6(2)9/h3-4H2,1-2H3. The molecule has 0 aliphatic rings. The Bertz CT molecular complexity index is 136. The van der Waals surface area contributed by atoms with Gasteiger partial charge in [-0.25, -0.2) is 4.90 Å². The predicted molar refractivity (Wildman–Crippen MR) is 33.3 cm³/mol.